The van der Waals surface area contributed by atoms with Gasteiger partial charge in [0.15, 0.2) is 0 Å². The van der Waals surface area contributed by atoms with Gasteiger partial charge in [0.2, 0.25) is 5.91 Å². The molecular weight excluding hydrogens is 414 g/mol. The fraction of sp³-hybridized carbons (Fsp3) is 0.231. The van der Waals surface area contributed by atoms with E-state index in [4.69, 9.17) is 9.84 Å². The molecular formula is C26H25N5O2. The lowest BCUT2D eigenvalue weighted by molar-refractivity contribution is -0.116. The number of rotatable bonds is 5. The van der Waals surface area contributed by atoms with E-state index in [9.17, 15) is 4.79 Å². The molecule has 1 amide bonds. The third-order valence-corrected chi connectivity index (χ3v) is 5.79. The molecule has 1 atom stereocenters. The van der Waals surface area contributed by atoms with E-state index in [1.807, 2.05) is 81.4 Å². The number of nitrogens with one attached hydrogen (secondary N) is 1. The van der Waals surface area contributed by atoms with E-state index >= 15 is 0 Å². The lowest BCUT2D eigenvalue weighted by Crippen LogP contribution is -2.25. The third-order valence-electron chi connectivity index (χ3n) is 5.79. The number of carbonyl (C=O) groups is 1. The van der Waals surface area contributed by atoms with E-state index in [2.05, 4.69) is 15.3 Å². The minimum Gasteiger partial charge on any atom is -0.489 e. The molecule has 1 aliphatic rings. The van der Waals surface area contributed by atoms with E-state index in [0.29, 0.717) is 24.8 Å². The molecule has 0 saturated carbocycles. The van der Waals surface area contributed by atoms with Crippen molar-refractivity contribution in [2.24, 2.45) is 0 Å². The molecule has 0 unspecified atom stereocenters. The number of aryl methyl sites for hydroxylation is 3. The maximum Gasteiger partial charge on any atom is 0.252 e. The topological polar surface area (TPSA) is 81.9 Å². The summed E-state index contributed by atoms with van der Waals surface area (Å²) in [4.78, 5) is 21.9. The summed E-state index contributed by atoms with van der Waals surface area (Å²) in [5.41, 5.74) is 5.54. The molecule has 2 aromatic carbocycles. The number of anilines is 1. The van der Waals surface area contributed by atoms with Gasteiger partial charge in [-0.2, -0.15) is 9.78 Å². The Kier molecular flexibility index (Phi) is 5.38. The average Bonchev–Trinajstić information content (AvgIpc) is 3.13. The van der Waals surface area contributed by atoms with Crippen molar-refractivity contribution in [3.8, 4) is 11.7 Å². The van der Waals surface area contributed by atoms with Crippen LogP contribution in [0.15, 0.2) is 60.7 Å². The van der Waals surface area contributed by atoms with Gasteiger partial charge in [0.1, 0.15) is 18.2 Å². The van der Waals surface area contributed by atoms with Crippen molar-refractivity contribution in [2.75, 3.05) is 5.32 Å². The van der Waals surface area contributed by atoms with Crippen molar-refractivity contribution < 1.29 is 9.53 Å². The summed E-state index contributed by atoms with van der Waals surface area (Å²) in [6, 6.07) is 19.9. The fourth-order valence-corrected chi connectivity index (χ4v) is 4.39. The van der Waals surface area contributed by atoms with Gasteiger partial charge < -0.3 is 10.1 Å². The van der Waals surface area contributed by atoms with E-state index in [1.54, 1.807) is 4.68 Å². The smallest absolute Gasteiger partial charge is 0.252 e. The molecule has 7 nitrogen and oxygen atoms in total. The molecule has 0 bridgehead atoms. The highest BCUT2D eigenvalue weighted by molar-refractivity contribution is 5.95. The molecule has 166 valence electrons. The van der Waals surface area contributed by atoms with E-state index in [1.165, 1.54) is 0 Å². The Labute approximate surface area is 192 Å². The van der Waals surface area contributed by atoms with Gasteiger partial charge in [0.05, 0.1) is 5.69 Å². The minimum atomic E-state index is -0.180. The van der Waals surface area contributed by atoms with Crippen LogP contribution in [0.4, 0.5) is 5.82 Å². The molecule has 33 heavy (non-hydrogen) atoms. The number of hydrogen-bond acceptors (Lipinski definition) is 5. The van der Waals surface area contributed by atoms with Crippen molar-refractivity contribution in [1.29, 1.82) is 0 Å². The second-order valence-corrected chi connectivity index (χ2v) is 8.33. The molecule has 0 spiro atoms. The summed E-state index contributed by atoms with van der Waals surface area (Å²) in [5.74, 6) is 1.58. The van der Waals surface area contributed by atoms with Crippen LogP contribution in [0.3, 0.4) is 0 Å². The Balaban J connectivity index is 1.56. The van der Waals surface area contributed by atoms with Gasteiger partial charge in [-0.3, -0.25) is 4.79 Å². The van der Waals surface area contributed by atoms with Crippen molar-refractivity contribution in [1.82, 2.24) is 19.7 Å². The van der Waals surface area contributed by atoms with Crippen molar-refractivity contribution in [3.63, 3.8) is 0 Å². The monoisotopic (exact) mass is 439 g/mol. The van der Waals surface area contributed by atoms with Crippen LogP contribution in [0.2, 0.25) is 0 Å². The Morgan fingerprint density at radius 1 is 1.00 bits per heavy atom. The zero-order valence-electron chi connectivity index (χ0n) is 18.9. The zero-order valence-corrected chi connectivity index (χ0v) is 18.9. The van der Waals surface area contributed by atoms with Crippen LogP contribution in [0, 0.1) is 20.8 Å². The normalized spacial score (nSPS) is 15.1. The first-order chi connectivity index (χ1) is 16.0. The van der Waals surface area contributed by atoms with Crippen molar-refractivity contribution in [2.45, 2.75) is 39.7 Å². The predicted octanol–water partition coefficient (Wildman–Crippen LogP) is 4.64. The zero-order chi connectivity index (χ0) is 22.9. The number of hydrogen-bond donors (Lipinski definition) is 1. The number of fused-ring (bicyclic) bond motifs is 1. The Hall–Kier alpha value is -4.00. The number of amides is 1. The van der Waals surface area contributed by atoms with Crippen LogP contribution in [0.5, 0.6) is 5.75 Å². The molecule has 5 rings (SSSR count). The van der Waals surface area contributed by atoms with E-state index in [-0.39, 0.29) is 11.8 Å². The van der Waals surface area contributed by atoms with Crippen LogP contribution in [-0.4, -0.2) is 25.7 Å². The number of aromatic nitrogens is 4. The molecule has 7 heteroatoms. The average molecular weight is 440 g/mol. The number of nitrogens with zero attached hydrogens (tertiary/aromatic N) is 4. The summed E-state index contributed by atoms with van der Waals surface area (Å²) in [6.45, 7) is 6.25. The first-order valence-corrected chi connectivity index (χ1v) is 11.0. The second kappa shape index (κ2) is 8.50. The van der Waals surface area contributed by atoms with Gasteiger partial charge in [-0.15, -0.1) is 0 Å². The number of benzene rings is 2. The summed E-state index contributed by atoms with van der Waals surface area (Å²) in [5, 5.41) is 7.72. The maximum atomic E-state index is 12.8. The minimum absolute atomic E-state index is 0.0733. The Morgan fingerprint density at radius 2 is 1.70 bits per heavy atom. The second-order valence-electron chi connectivity index (χ2n) is 8.33. The third kappa shape index (κ3) is 4.09. The van der Waals surface area contributed by atoms with Gasteiger partial charge in [0, 0.05) is 34.9 Å². The largest absolute Gasteiger partial charge is 0.489 e. The summed E-state index contributed by atoms with van der Waals surface area (Å²) in [6.07, 6.45) is 0.318. The lowest BCUT2D eigenvalue weighted by atomic mass is 9.85. The molecule has 0 fully saturated rings. The predicted molar refractivity (Wildman–Crippen MR) is 126 cm³/mol. The molecule has 2 aromatic heterocycles. The first kappa shape index (κ1) is 20.9. The van der Waals surface area contributed by atoms with Crippen LogP contribution in [-0.2, 0) is 11.4 Å². The maximum absolute atomic E-state index is 12.8. The van der Waals surface area contributed by atoms with Gasteiger partial charge in [0.25, 0.3) is 5.95 Å². The quantitative estimate of drug-likeness (QED) is 0.490. The van der Waals surface area contributed by atoms with Gasteiger partial charge >= 0.3 is 0 Å². The fourth-order valence-electron chi connectivity index (χ4n) is 4.39. The van der Waals surface area contributed by atoms with Crippen LogP contribution < -0.4 is 10.1 Å². The number of carbonyl (C=O) groups excluding carboxylic acids is 1. The molecule has 1 aliphatic heterocycles. The Morgan fingerprint density at radius 3 is 2.45 bits per heavy atom. The molecule has 3 heterocycles. The van der Waals surface area contributed by atoms with Crippen LogP contribution in [0.25, 0.3) is 5.95 Å². The Bertz CT molecular complexity index is 1310. The van der Waals surface area contributed by atoms with Gasteiger partial charge in [-0.05, 0) is 38.5 Å². The first-order valence-electron chi connectivity index (χ1n) is 11.0. The molecule has 0 aliphatic carbocycles. The summed E-state index contributed by atoms with van der Waals surface area (Å²) >= 11 is 0. The van der Waals surface area contributed by atoms with Gasteiger partial charge in [-0.25, -0.2) is 9.97 Å². The molecule has 0 radical (unpaired) electrons. The molecule has 1 N–H and O–H groups in total. The lowest BCUT2D eigenvalue weighted by Gasteiger charge is -2.26. The summed E-state index contributed by atoms with van der Waals surface area (Å²) in [7, 11) is 0. The van der Waals surface area contributed by atoms with Crippen LogP contribution >= 0.6 is 0 Å². The van der Waals surface area contributed by atoms with Crippen molar-refractivity contribution >= 4 is 11.7 Å². The molecule has 0 saturated heterocycles. The highest BCUT2D eigenvalue weighted by Gasteiger charge is 2.34. The molecule has 4 aromatic rings. The van der Waals surface area contributed by atoms with E-state index in [0.717, 1.165) is 39.5 Å². The highest BCUT2D eigenvalue weighted by atomic mass is 16.5. The van der Waals surface area contributed by atoms with Gasteiger partial charge in [-0.1, -0.05) is 48.5 Å². The highest BCUT2D eigenvalue weighted by Crippen LogP contribution is 2.43. The number of para-hydroxylation sites is 1. The SMILES string of the molecule is Cc1cc(C)nc(-n2nc(C)c3c2NC(=O)C[C@@H]3c2ccccc2OCc2ccccc2)n1. The van der Waals surface area contributed by atoms with Crippen molar-refractivity contribution in [3.05, 3.63) is 94.4 Å². The number of ether oxygens (including phenoxy) is 1. The van der Waals surface area contributed by atoms with Crippen LogP contribution in [0.1, 0.15) is 46.1 Å². The summed E-state index contributed by atoms with van der Waals surface area (Å²) < 4.78 is 7.85. The standard InChI is InChI=1S/C26H25N5O2/c1-16-13-17(2)28-26(27-16)31-25-24(18(3)30-31)21(14-23(32)29-25)20-11-7-8-12-22(20)33-15-19-9-5-4-6-10-19/h4-13,21H,14-15H2,1-3H3,(H,29,32)/t21-/m1/s1. The van der Waals surface area contributed by atoms with E-state index < -0.39 is 0 Å².